The fourth-order valence-electron chi connectivity index (χ4n) is 2.29. The number of benzene rings is 1. The lowest BCUT2D eigenvalue weighted by Gasteiger charge is -2.13. The second-order valence-corrected chi connectivity index (χ2v) is 7.20. The Kier molecular flexibility index (Phi) is 7.74. The first-order chi connectivity index (χ1) is 12.1. The molecule has 1 saturated heterocycles. The number of methoxy groups -OCH3 is 1. The third-order valence-corrected chi connectivity index (χ3v) is 5.03. The van der Waals surface area contributed by atoms with Crippen molar-refractivity contribution in [3.05, 3.63) is 28.7 Å². The molecule has 1 aliphatic rings. The smallest absolute Gasteiger partial charge is 0.266 e. The van der Waals surface area contributed by atoms with Crippen molar-refractivity contribution < 1.29 is 19.4 Å². The van der Waals surface area contributed by atoms with Crippen molar-refractivity contribution in [3.8, 4) is 11.5 Å². The molecule has 136 valence electrons. The average molecular weight is 382 g/mol. The summed E-state index contributed by atoms with van der Waals surface area (Å²) >= 11 is 6.53. The summed E-state index contributed by atoms with van der Waals surface area (Å²) in [6.45, 7) is 3.23. The van der Waals surface area contributed by atoms with Crippen LogP contribution < -0.4 is 9.47 Å². The molecule has 0 radical (unpaired) electrons. The number of thioether (sulfide) groups is 1. The molecule has 1 fully saturated rings. The molecule has 0 saturated carbocycles. The second-order valence-electron chi connectivity index (χ2n) is 5.52. The van der Waals surface area contributed by atoms with Crippen molar-refractivity contribution in [2.75, 3.05) is 26.9 Å². The molecule has 1 amide bonds. The summed E-state index contributed by atoms with van der Waals surface area (Å²) in [5, 5.41) is 8.93. The summed E-state index contributed by atoms with van der Waals surface area (Å²) in [6.07, 6.45) is 4.37. The predicted molar refractivity (Wildman–Crippen MR) is 105 cm³/mol. The molecule has 0 bridgehead atoms. The van der Waals surface area contributed by atoms with E-state index in [4.69, 9.17) is 26.8 Å². The zero-order valence-corrected chi connectivity index (χ0v) is 16.1. The van der Waals surface area contributed by atoms with Gasteiger partial charge in [0.1, 0.15) is 4.32 Å². The van der Waals surface area contributed by atoms with Gasteiger partial charge in [-0.3, -0.25) is 9.69 Å². The maximum absolute atomic E-state index is 12.4. The molecule has 0 aliphatic carbocycles. The van der Waals surface area contributed by atoms with Crippen molar-refractivity contribution in [2.24, 2.45) is 0 Å². The monoisotopic (exact) mass is 381 g/mol. The van der Waals surface area contributed by atoms with E-state index in [1.165, 1.54) is 16.7 Å². The molecule has 1 aromatic carbocycles. The SMILES string of the molecule is CCCCOc1ccc(/C=C2\SC(=S)N(CCCO)C2=O)cc1OC. The van der Waals surface area contributed by atoms with Gasteiger partial charge in [0.05, 0.1) is 18.6 Å². The van der Waals surface area contributed by atoms with E-state index in [9.17, 15) is 4.79 Å². The van der Waals surface area contributed by atoms with Gasteiger partial charge in [-0.15, -0.1) is 0 Å². The number of nitrogens with zero attached hydrogens (tertiary/aromatic N) is 1. The van der Waals surface area contributed by atoms with E-state index in [-0.39, 0.29) is 12.5 Å². The van der Waals surface area contributed by atoms with Gasteiger partial charge in [-0.1, -0.05) is 43.4 Å². The van der Waals surface area contributed by atoms with Gasteiger partial charge >= 0.3 is 0 Å². The lowest BCUT2D eigenvalue weighted by molar-refractivity contribution is -0.122. The number of hydrogen-bond acceptors (Lipinski definition) is 6. The van der Waals surface area contributed by atoms with Crippen LogP contribution in [0.15, 0.2) is 23.1 Å². The minimum absolute atomic E-state index is 0.0345. The van der Waals surface area contributed by atoms with Gasteiger partial charge in [-0.25, -0.2) is 0 Å². The third-order valence-electron chi connectivity index (χ3n) is 3.65. The molecule has 1 heterocycles. The lowest BCUT2D eigenvalue weighted by Crippen LogP contribution is -2.29. The topological polar surface area (TPSA) is 59.0 Å². The first-order valence-electron chi connectivity index (χ1n) is 8.27. The summed E-state index contributed by atoms with van der Waals surface area (Å²) in [5.41, 5.74) is 0.849. The molecule has 2 rings (SSSR count). The summed E-state index contributed by atoms with van der Waals surface area (Å²) in [5.74, 6) is 1.22. The third kappa shape index (κ3) is 5.20. The molecule has 0 spiro atoms. The van der Waals surface area contributed by atoms with Gasteiger partial charge in [0, 0.05) is 13.2 Å². The first kappa shape index (κ1) is 19.8. The number of carbonyl (C=O) groups excluding carboxylic acids is 1. The van der Waals surface area contributed by atoms with Crippen LogP contribution in [0.4, 0.5) is 0 Å². The highest BCUT2D eigenvalue weighted by Crippen LogP contribution is 2.34. The number of thiocarbonyl (C=S) groups is 1. The van der Waals surface area contributed by atoms with E-state index >= 15 is 0 Å². The Morgan fingerprint density at radius 2 is 2.12 bits per heavy atom. The predicted octanol–water partition coefficient (Wildman–Crippen LogP) is 3.46. The van der Waals surface area contributed by atoms with Crippen molar-refractivity contribution >= 4 is 40.3 Å². The number of hydrogen-bond donors (Lipinski definition) is 1. The average Bonchev–Trinajstić information content (AvgIpc) is 2.87. The number of ether oxygens (including phenoxy) is 2. The number of aliphatic hydroxyl groups excluding tert-OH is 1. The van der Waals surface area contributed by atoms with Crippen LogP contribution in [-0.4, -0.2) is 47.1 Å². The number of carbonyl (C=O) groups is 1. The maximum Gasteiger partial charge on any atom is 0.266 e. The number of amides is 1. The van der Waals surface area contributed by atoms with E-state index in [1.807, 2.05) is 18.2 Å². The molecule has 0 atom stereocenters. The van der Waals surface area contributed by atoms with Gasteiger partial charge in [-0.05, 0) is 36.6 Å². The molecule has 25 heavy (non-hydrogen) atoms. The van der Waals surface area contributed by atoms with Gasteiger partial charge in [0.15, 0.2) is 11.5 Å². The highest BCUT2D eigenvalue weighted by molar-refractivity contribution is 8.26. The van der Waals surface area contributed by atoms with Crippen LogP contribution in [-0.2, 0) is 4.79 Å². The zero-order valence-electron chi connectivity index (χ0n) is 14.5. The van der Waals surface area contributed by atoms with E-state index in [0.717, 1.165) is 18.4 Å². The molecule has 1 N–H and O–H groups in total. The minimum Gasteiger partial charge on any atom is -0.493 e. The van der Waals surface area contributed by atoms with Gasteiger partial charge < -0.3 is 14.6 Å². The quantitative estimate of drug-likeness (QED) is 0.402. The standard InChI is InChI=1S/C18H23NO4S2/c1-3-4-10-23-14-7-6-13(11-15(14)22-2)12-16-17(21)19(8-5-9-20)18(24)25-16/h6-7,11-12,20H,3-5,8-10H2,1-2H3/b16-12-. The number of aliphatic hydroxyl groups is 1. The van der Waals surface area contributed by atoms with E-state index in [1.54, 1.807) is 13.2 Å². The highest BCUT2D eigenvalue weighted by atomic mass is 32.2. The number of unbranched alkanes of at least 4 members (excludes halogenated alkanes) is 1. The summed E-state index contributed by atoms with van der Waals surface area (Å²) in [7, 11) is 1.60. The van der Waals surface area contributed by atoms with Crippen LogP contribution in [0.25, 0.3) is 6.08 Å². The van der Waals surface area contributed by atoms with Crippen LogP contribution in [0.2, 0.25) is 0 Å². The summed E-state index contributed by atoms with van der Waals surface area (Å²) in [6, 6.07) is 5.60. The first-order valence-corrected chi connectivity index (χ1v) is 9.50. The summed E-state index contributed by atoms with van der Waals surface area (Å²) in [4.78, 5) is 14.5. The van der Waals surface area contributed by atoms with Crippen molar-refractivity contribution in [1.29, 1.82) is 0 Å². The van der Waals surface area contributed by atoms with Crippen LogP contribution >= 0.6 is 24.0 Å². The van der Waals surface area contributed by atoms with Crippen LogP contribution in [0.5, 0.6) is 11.5 Å². The Labute approximate surface area is 158 Å². The Morgan fingerprint density at radius 3 is 2.80 bits per heavy atom. The fourth-order valence-corrected chi connectivity index (χ4v) is 3.60. The largest absolute Gasteiger partial charge is 0.493 e. The molecular formula is C18H23NO4S2. The Bertz CT molecular complexity index is 660. The van der Waals surface area contributed by atoms with Crippen molar-refractivity contribution in [1.82, 2.24) is 4.90 Å². The molecule has 0 aromatic heterocycles. The van der Waals surface area contributed by atoms with Crippen molar-refractivity contribution in [2.45, 2.75) is 26.2 Å². The second kappa shape index (κ2) is 9.79. The van der Waals surface area contributed by atoms with Gasteiger partial charge in [0.25, 0.3) is 5.91 Å². The normalized spacial score (nSPS) is 16.0. The molecular weight excluding hydrogens is 358 g/mol. The Hall–Kier alpha value is -1.57. The van der Waals surface area contributed by atoms with Crippen LogP contribution in [0.3, 0.4) is 0 Å². The summed E-state index contributed by atoms with van der Waals surface area (Å²) < 4.78 is 11.6. The van der Waals surface area contributed by atoms with E-state index in [2.05, 4.69) is 6.92 Å². The molecule has 0 unspecified atom stereocenters. The Morgan fingerprint density at radius 1 is 1.32 bits per heavy atom. The zero-order chi connectivity index (χ0) is 18.2. The molecule has 1 aliphatic heterocycles. The Balaban J connectivity index is 2.15. The maximum atomic E-state index is 12.4. The van der Waals surface area contributed by atoms with Crippen LogP contribution in [0.1, 0.15) is 31.7 Å². The minimum atomic E-state index is -0.120. The van der Waals surface area contributed by atoms with E-state index in [0.29, 0.717) is 40.3 Å². The van der Waals surface area contributed by atoms with E-state index < -0.39 is 0 Å². The highest BCUT2D eigenvalue weighted by Gasteiger charge is 2.31. The van der Waals surface area contributed by atoms with Gasteiger partial charge in [0.2, 0.25) is 0 Å². The molecule has 1 aromatic rings. The molecule has 7 heteroatoms. The number of rotatable bonds is 9. The van der Waals surface area contributed by atoms with Crippen LogP contribution in [0, 0.1) is 0 Å². The van der Waals surface area contributed by atoms with Gasteiger partial charge in [-0.2, -0.15) is 0 Å². The van der Waals surface area contributed by atoms with Crippen molar-refractivity contribution in [3.63, 3.8) is 0 Å². The fraction of sp³-hybridized carbons (Fsp3) is 0.444. The molecule has 5 nitrogen and oxygen atoms in total. The lowest BCUT2D eigenvalue weighted by atomic mass is 10.2.